The molecule has 0 spiro atoms. The van der Waals surface area contributed by atoms with Gasteiger partial charge in [0.25, 0.3) is 5.56 Å². The molecule has 2 atom stereocenters. The first-order valence-corrected chi connectivity index (χ1v) is 10.3. The summed E-state index contributed by atoms with van der Waals surface area (Å²) >= 11 is 7.57. The van der Waals surface area contributed by atoms with Crippen molar-refractivity contribution in [2.45, 2.75) is 24.5 Å². The third-order valence-corrected chi connectivity index (χ3v) is 6.68. The number of amides is 1. The van der Waals surface area contributed by atoms with Gasteiger partial charge in [-0.15, -0.1) is 11.8 Å². The van der Waals surface area contributed by atoms with Gasteiger partial charge in [0.1, 0.15) is 11.1 Å². The van der Waals surface area contributed by atoms with E-state index in [0.717, 1.165) is 16.9 Å². The maximum Gasteiger partial charge on any atom is 0.295 e. The van der Waals surface area contributed by atoms with Crippen molar-refractivity contribution in [1.82, 2.24) is 9.36 Å². The van der Waals surface area contributed by atoms with Crippen LogP contribution in [0, 0.1) is 6.92 Å². The van der Waals surface area contributed by atoms with Gasteiger partial charge >= 0.3 is 0 Å². The first-order chi connectivity index (χ1) is 13.4. The van der Waals surface area contributed by atoms with Crippen molar-refractivity contribution >= 4 is 35.0 Å². The van der Waals surface area contributed by atoms with E-state index in [9.17, 15) is 9.59 Å². The summed E-state index contributed by atoms with van der Waals surface area (Å²) in [7, 11) is 1.83. The highest BCUT2D eigenvalue weighted by atomic mass is 35.5. The van der Waals surface area contributed by atoms with Crippen molar-refractivity contribution in [3.05, 3.63) is 81.2 Å². The number of hydrogen-bond acceptors (Lipinski definition) is 3. The van der Waals surface area contributed by atoms with Crippen LogP contribution in [0.5, 0.6) is 0 Å². The van der Waals surface area contributed by atoms with Crippen molar-refractivity contribution in [2.75, 3.05) is 4.90 Å². The Hall–Kier alpha value is -2.44. The number of para-hydroxylation sites is 1. The molecule has 7 heteroatoms. The third kappa shape index (κ3) is 2.97. The average Bonchev–Trinajstić information content (AvgIpc) is 3.09. The molecule has 28 heavy (non-hydrogen) atoms. The number of aromatic nitrogens is 2. The first kappa shape index (κ1) is 18.9. The molecule has 0 bridgehead atoms. The molecule has 3 aromatic rings. The third-order valence-electron chi connectivity index (χ3n) is 5.07. The van der Waals surface area contributed by atoms with Crippen molar-refractivity contribution in [1.29, 1.82) is 0 Å². The molecule has 1 aliphatic heterocycles. The maximum atomic E-state index is 13.4. The summed E-state index contributed by atoms with van der Waals surface area (Å²) < 4.78 is 3.40. The van der Waals surface area contributed by atoms with Gasteiger partial charge in [-0.1, -0.05) is 41.9 Å². The van der Waals surface area contributed by atoms with E-state index in [1.807, 2.05) is 75.5 Å². The number of thioether (sulfide) groups is 1. The van der Waals surface area contributed by atoms with Gasteiger partial charge < -0.3 is 0 Å². The van der Waals surface area contributed by atoms with E-state index in [0.29, 0.717) is 10.7 Å². The summed E-state index contributed by atoms with van der Waals surface area (Å²) in [6.45, 7) is 3.75. The zero-order chi connectivity index (χ0) is 20.0. The highest BCUT2D eigenvalue weighted by molar-refractivity contribution is 8.01. The van der Waals surface area contributed by atoms with Crippen LogP contribution in [0.2, 0.25) is 5.02 Å². The molecule has 0 saturated carbocycles. The number of rotatable bonds is 3. The first-order valence-electron chi connectivity index (χ1n) is 8.98. The predicted molar refractivity (Wildman–Crippen MR) is 114 cm³/mol. The molecule has 1 fully saturated rings. The molecular weight excluding hydrogens is 394 g/mol. The Morgan fingerprint density at radius 2 is 1.64 bits per heavy atom. The lowest BCUT2D eigenvalue weighted by Crippen LogP contribution is -2.34. The Labute approximate surface area is 172 Å². The molecule has 0 aliphatic carbocycles. The van der Waals surface area contributed by atoms with Crippen LogP contribution in [0.25, 0.3) is 5.69 Å². The monoisotopic (exact) mass is 413 g/mol. The standard InChI is InChI=1S/C21H20ClN3O2S/c1-13-18(20(27)25(23(13)3)17-7-5-4-6-8-17)24-19(26)14(2)28-21(24)15-9-11-16(22)12-10-15/h4-12,14,21H,1-3H3/t14-,21+/m1/s1. The van der Waals surface area contributed by atoms with Gasteiger partial charge in [-0.05, 0) is 43.7 Å². The van der Waals surface area contributed by atoms with Crippen molar-refractivity contribution < 1.29 is 4.79 Å². The summed E-state index contributed by atoms with van der Waals surface area (Å²) in [6, 6.07) is 16.9. The van der Waals surface area contributed by atoms with Gasteiger partial charge in [-0.3, -0.25) is 19.2 Å². The fourth-order valence-corrected chi connectivity index (χ4v) is 4.93. The van der Waals surface area contributed by atoms with Gasteiger partial charge in [0, 0.05) is 12.1 Å². The Morgan fingerprint density at radius 3 is 2.29 bits per heavy atom. The number of carbonyl (C=O) groups excluding carboxylic acids is 1. The summed E-state index contributed by atoms with van der Waals surface area (Å²) in [6.07, 6.45) is 0. The van der Waals surface area contributed by atoms with Gasteiger partial charge in [0.05, 0.1) is 16.6 Å². The Balaban J connectivity index is 1.88. The van der Waals surface area contributed by atoms with Crippen LogP contribution in [-0.4, -0.2) is 20.5 Å². The topological polar surface area (TPSA) is 47.2 Å². The highest BCUT2D eigenvalue weighted by Gasteiger charge is 2.42. The van der Waals surface area contributed by atoms with E-state index < -0.39 is 0 Å². The number of nitrogens with zero attached hydrogens (tertiary/aromatic N) is 3. The number of anilines is 1. The van der Waals surface area contributed by atoms with Gasteiger partial charge in [0.2, 0.25) is 5.91 Å². The molecule has 1 amide bonds. The molecular formula is C21H20ClN3O2S. The minimum atomic E-state index is -0.266. The zero-order valence-electron chi connectivity index (χ0n) is 15.8. The Kier molecular flexibility index (Phi) is 4.85. The fourth-order valence-electron chi connectivity index (χ4n) is 3.54. The van der Waals surface area contributed by atoms with Gasteiger partial charge in [-0.25, -0.2) is 4.68 Å². The van der Waals surface area contributed by atoms with Crippen LogP contribution in [0.15, 0.2) is 59.4 Å². The number of carbonyl (C=O) groups is 1. The van der Waals surface area contributed by atoms with Crippen LogP contribution in [0.4, 0.5) is 5.69 Å². The maximum absolute atomic E-state index is 13.4. The Bertz CT molecular complexity index is 1090. The smallest absolute Gasteiger partial charge is 0.288 e. The lowest BCUT2D eigenvalue weighted by atomic mass is 10.2. The minimum absolute atomic E-state index is 0.0593. The molecule has 0 unspecified atom stereocenters. The van der Waals surface area contributed by atoms with Gasteiger partial charge in [-0.2, -0.15) is 0 Å². The number of benzene rings is 2. The predicted octanol–water partition coefficient (Wildman–Crippen LogP) is 4.30. The molecule has 4 rings (SSSR count). The van der Waals surface area contributed by atoms with Crippen molar-refractivity contribution in [3.8, 4) is 5.69 Å². The van der Waals surface area contributed by atoms with E-state index in [4.69, 9.17) is 11.6 Å². The van der Waals surface area contributed by atoms with E-state index in [1.165, 1.54) is 11.8 Å². The second-order valence-electron chi connectivity index (χ2n) is 6.80. The highest BCUT2D eigenvalue weighted by Crippen LogP contribution is 2.45. The van der Waals surface area contributed by atoms with E-state index >= 15 is 0 Å². The van der Waals surface area contributed by atoms with E-state index in [-0.39, 0.29) is 22.1 Å². The number of hydrogen-bond donors (Lipinski definition) is 0. The molecule has 0 N–H and O–H groups in total. The number of halogens is 1. The van der Waals surface area contributed by atoms with Gasteiger partial charge in [0.15, 0.2) is 0 Å². The summed E-state index contributed by atoms with van der Waals surface area (Å²) in [5, 5.41) is 0.141. The quantitative estimate of drug-likeness (QED) is 0.643. The molecule has 0 radical (unpaired) electrons. The molecule has 144 valence electrons. The molecule has 2 aromatic carbocycles. The van der Waals surface area contributed by atoms with Crippen molar-refractivity contribution in [2.24, 2.45) is 7.05 Å². The normalized spacial score (nSPS) is 19.4. The fraction of sp³-hybridized carbons (Fsp3) is 0.238. The van der Waals surface area contributed by atoms with Crippen LogP contribution in [-0.2, 0) is 11.8 Å². The van der Waals surface area contributed by atoms with Crippen LogP contribution in [0.1, 0.15) is 23.6 Å². The van der Waals surface area contributed by atoms with E-state index in [2.05, 4.69) is 0 Å². The van der Waals surface area contributed by atoms with E-state index in [1.54, 1.807) is 14.3 Å². The van der Waals surface area contributed by atoms with Crippen molar-refractivity contribution in [3.63, 3.8) is 0 Å². The zero-order valence-corrected chi connectivity index (χ0v) is 17.4. The molecule has 1 aromatic heterocycles. The lowest BCUT2D eigenvalue weighted by Gasteiger charge is -2.23. The average molecular weight is 414 g/mol. The molecule has 2 heterocycles. The summed E-state index contributed by atoms with van der Waals surface area (Å²) in [5.41, 5.74) is 2.68. The van der Waals surface area contributed by atoms with Crippen LogP contribution >= 0.6 is 23.4 Å². The molecule has 1 saturated heterocycles. The second kappa shape index (κ2) is 7.18. The SMILES string of the molecule is Cc1c(N2C(=O)[C@@H](C)S[C@H]2c2ccc(Cl)cc2)c(=O)n(-c2ccccc2)n1C. The minimum Gasteiger partial charge on any atom is -0.288 e. The largest absolute Gasteiger partial charge is 0.295 e. The Morgan fingerprint density at radius 1 is 1.00 bits per heavy atom. The lowest BCUT2D eigenvalue weighted by molar-refractivity contribution is -0.117. The summed E-state index contributed by atoms with van der Waals surface area (Å²) in [4.78, 5) is 28.1. The van der Waals surface area contributed by atoms with Crippen LogP contribution < -0.4 is 10.5 Å². The van der Waals surface area contributed by atoms with Crippen LogP contribution in [0.3, 0.4) is 0 Å². The summed E-state index contributed by atoms with van der Waals surface area (Å²) in [5.74, 6) is -0.0593. The molecule has 5 nitrogen and oxygen atoms in total. The second-order valence-corrected chi connectivity index (χ2v) is 8.66. The molecule has 1 aliphatic rings.